The number of hydrogen-bond donors (Lipinski definition) is 0. The summed E-state index contributed by atoms with van der Waals surface area (Å²) in [4.78, 5) is 19.9. The molecule has 0 unspecified atom stereocenters. The van der Waals surface area contributed by atoms with Crippen LogP contribution in [0.25, 0.3) is 95.3 Å². The van der Waals surface area contributed by atoms with Crippen molar-refractivity contribution in [1.29, 1.82) is 0 Å². The van der Waals surface area contributed by atoms with Crippen LogP contribution >= 0.6 is 0 Å². The lowest BCUT2D eigenvalue weighted by Crippen LogP contribution is -2.02. The Hall–Kier alpha value is -7.18. The van der Waals surface area contributed by atoms with Gasteiger partial charge in [0, 0.05) is 38.6 Å². The molecule has 0 saturated carbocycles. The SMILES string of the molecule is c1ccc(-c2nc(-c3ccccc3)nc(-c3ccc(-c4ccccc4)c(-n4c5ccccc5c5cc(-c6nc7ccccc7o6)ccc54)c3)n2)cc1. The Labute approximate surface area is 299 Å². The summed E-state index contributed by atoms with van der Waals surface area (Å²) in [5.74, 6) is 2.46. The van der Waals surface area contributed by atoms with Crippen molar-refractivity contribution in [2.75, 3.05) is 0 Å². The van der Waals surface area contributed by atoms with Gasteiger partial charge in [0.25, 0.3) is 0 Å². The summed E-state index contributed by atoms with van der Waals surface area (Å²) in [6.45, 7) is 0. The van der Waals surface area contributed by atoms with Crippen LogP contribution in [0.2, 0.25) is 0 Å². The van der Waals surface area contributed by atoms with E-state index >= 15 is 0 Å². The summed E-state index contributed by atoms with van der Waals surface area (Å²) in [7, 11) is 0. The molecule has 6 nitrogen and oxygen atoms in total. The van der Waals surface area contributed by atoms with E-state index < -0.39 is 0 Å². The Balaban J connectivity index is 1.21. The first-order valence-electron chi connectivity index (χ1n) is 17.2. The molecule has 10 aromatic rings. The quantitative estimate of drug-likeness (QED) is 0.176. The minimum Gasteiger partial charge on any atom is -0.436 e. The van der Waals surface area contributed by atoms with E-state index in [9.17, 15) is 0 Å². The number of rotatable bonds is 6. The maximum Gasteiger partial charge on any atom is 0.227 e. The predicted octanol–water partition coefficient (Wildman–Crippen LogP) is 11.4. The molecule has 3 heterocycles. The number of oxazole rings is 1. The van der Waals surface area contributed by atoms with Gasteiger partial charge in [0.15, 0.2) is 23.1 Å². The lowest BCUT2D eigenvalue weighted by atomic mass is 10.0. The van der Waals surface area contributed by atoms with Crippen LogP contribution in [-0.2, 0) is 0 Å². The summed E-state index contributed by atoms with van der Waals surface area (Å²) in [6, 6.07) is 60.0. The van der Waals surface area contributed by atoms with Gasteiger partial charge in [-0.1, -0.05) is 133 Å². The second-order valence-electron chi connectivity index (χ2n) is 12.7. The Kier molecular flexibility index (Phi) is 7.03. The molecule has 7 aromatic carbocycles. The van der Waals surface area contributed by atoms with E-state index in [2.05, 4.69) is 89.5 Å². The number of fused-ring (bicyclic) bond motifs is 4. The highest BCUT2D eigenvalue weighted by atomic mass is 16.3. The van der Waals surface area contributed by atoms with Crippen LogP contribution < -0.4 is 0 Å². The zero-order valence-corrected chi connectivity index (χ0v) is 27.9. The van der Waals surface area contributed by atoms with Gasteiger partial charge < -0.3 is 8.98 Å². The van der Waals surface area contributed by atoms with E-state index in [1.807, 2.05) is 91.0 Å². The molecule has 0 spiro atoms. The monoisotopic (exact) mass is 667 g/mol. The zero-order valence-electron chi connectivity index (χ0n) is 27.9. The van der Waals surface area contributed by atoms with Crippen molar-refractivity contribution >= 4 is 32.9 Å². The van der Waals surface area contributed by atoms with Gasteiger partial charge in [-0.05, 0) is 48.0 Å². The molecule has 6 heteroatoms. The molecule has 0 fully saturated rings. The fraction of sp³-hybridized carbons (Fsp3) is 0. The van der Waals surface area contributed by atoms with Crippen molar-refractivity contribution in [2.45, 2.75) is 0 Å². The lowest BCUT2D eigenvalue weighted by Gasteiger charge is -2.16. The van der Waals surface area contributed by atoms with Crippen molar-refractivity contribution in [1.82, 2.24) is 24.5 Å². The Morgan fingerprint density at radius 1 is 0.385 bits per heavy atom. The third kappa shape index (κ3) is 5.13. The van der Waals surface area contributed by atoms with Crippen LogP contribution in [0.1, 0.15) is 0 Å². The highest BCUT2D eigenvalue weighted by molar-refractivity contribution is 6.11. The van der Waals surface area contributed by atoms with E-state index in [1.165, 1.54) is 0 Å². The van der Waals surface area contributed by atoms with Crippen LogP contribution in [-0.4, -0.2) is 24.5 Å². The van der Waals surface area contributed by atoms with E-state index in [0.29, 0.717) is 23.4 Å². The van der Waals surface area contributed by atoms with Gasteiger partial charge in [0.1, 0.15) is 5.52 Å². The first kappa shape index (κ1) is 29.7. The van der Waals surface area contributed by atoms with E-state index in [-0.39, 0.29) is 0 Å². The maximum atomic E-state index is 6.19. The molecular formula is C46H29N5O. The molecule has 0 atom stereocenters. The summed E-state index contributed by atoms with van der Waals surface area (Å²) >= 11 is 0. The molecule has 0 bridgehead atoms. The number of benzene rings is 7. The summed E-state index contributed by atoms with van der Waals surface area (Å²) in [5, 5.41) is 2.25. The van der Waals surface area contributed by atoms with Gasteiger partial charge in [0.05, 0.1) is 16.7 Å². The highest BCUT2D eigenvalue weighted by Crippen LogP contribution is 2.40. The Morgan fingerprint density at radius 2 is 0.942 bits per heavy atom. The molecule has 0 radical (unpaired) electrons. The normalized spacial score (nSPS) is 11.5. The zero-order chi connectivity index (χ0) is 34.4. The second-order valence-corrected chi connectivity index (χ2v) is 12.7. The Bertz CT molecular complexity index is 2810. The van der Waals surface area contributed by atoms with Crippen LogP contribution in [0, 0.1) is 0 Å². The number of nitrogens with zero attached hydrogens (tertiary/aromatic N) is 5. The minimum absolute atomic E-state index is 0.602. The molecule has 0 saturated heterocycles. The van der Waals surface area contributed by atoms with Crippen molar-refractivity contribution in [3.63, 3.8) is 0 Å². The average Bonchev–Trinajstić information content (AvgIpc) is 3.81. The third-order valence-electron chi connectivity index (χ3n) is 9.49. The van der Waals surface area contributed by atoms with Gasteiger partial charge in [0.2, 0.25) is 5.89 Å². The summed E-state index contributed by atoms with van der Waals surface area (Å²) < 4.78 is 8.55. The first-order chi connectivity index (χ1) is 25.8. The van der Waals surface area contributed by atoms with E-state index in [4.69, 9.17) is 24.4 Å². The fourth-order valence-electron chi connectivity index (χ4n) is 7.02. The number of hydrogen-bond acceptors (Lipinski definition) is 5. The topological polar surface area (TPSA) is 69.6 Å². The Morgan fingerprint density at radius 3 is 1.63 bits per heavy atom. The highest BCUT2D eigenvalue weighted by Gasteiger charge is 2.20. The smallest absolute Gasteiger partial charge is 0.227 e. The average molecular weight is 668 g/mol. The molecule has 0 amide bonds. The molecule has 0 aliphatic carbocycles. The lowest BCUT2D eigenvalue weighted by molar-refractivity contribution is 0.620. The van der Waals surface area contributed by atoms with E-state index in [1.54, 1.807) is 0 Å². The van der Waals surface area contributed by atoms with Gasteiger partial charge in [-0.2, -0.15) is 0 Å². The largest absolute Gasteiger partial charge is 0.436 e. The summed E-state index contributed by atoms with van der Waals surface area (Å²) in [5.41, 5.74) is 10.7. The molecular weight excluding hydrogens is 639 g/mol. The number of para-hydroxylation sites is 3. The molecule has 3 aromatic heterocycles. The van der Waals surface area contributed by atoms with Crippen LogP contribution in [0.3, 0.4) is 0 Å². The van der Waals surface area contributed by atoms with Crippen molar-refractivity contribution in [3.8, 4) is 62.4 Å². The molecule has 244 valence electrons. The van der Waals surface area contributed by atoms with Gasteiger partial charge >= 0.3 is 0 Å². The van der Waals surface area contributed by atoms with Crippen molar-refractivity contribution in [3.05, 3.63) is 176 Å². The van der Waals surface area contributed by atoms with Crippen LogP contribution in [0.4, 0.5) is 0 Å². The van der Waals surface area contributed by atoms with Gasteiger partial charge in [-0.3, -0.25) is 0 Å². The molecule has 0 aliphatic heterocycles. The van der Waals surface area contributed by atoms with E-state index in [0.717, 1.165) is 72.0 Å². The minimum atomic E-state index is 0.602. The molecule has 52 heavy (non-hydrogen) atoms. The maximum absolute atomic E-state index is 6.19. The summed E-state index contributed by atoms with van der Waals surface area (Å²) in [6.07, 6.45) is 0. The van der Waals surface area contributed by atoms with Crippen molar-refractivity contribution < 1.29 is 4.42 Å². The first-order valence-corrected chi connectivity index (χ1v) is 17.2. The second kappa shape index (κ2) is 12.3. The molecule has 10 rings (SSSR count). The third-order valence-corrected chi connectivity index (χ3v) is 9.49. The predicted molar refractivity (Wildman–Crippen MR) is 209 cm³/mol. The fourth-order valence-corrected chi connectivity index (χ4v) is 7.02. The standard InChI is InChI=1S/C46H29N5O/c1-4-14-30(15-5-1)35-26-24-33(45-49-43(31-16-6-2-7-17-31)48-44(50-45)32-18-8-3-9-19-32)29-41(35)51-39-22-12-10-20-36(39)37-28-34(25-27-40(37)51)46-47-38-21-11-13-23-42(38)52-46/h1-29H. The van der Waals surface area contributed by atoms with Gasteiger partial charge in [-0.25, -0.2) is 19.9 Å². The molecule has 0 aliphatic rings. The molecule has 0 N–H and O–H groups in total. The van der Waals surface area contributed by atoms with Crippen LogP contribution in [0.15, 0.2) is 180 Å². The van der Waals surface area contributed by atoms with Crippen molar-refractivity contribution in [2.24, 2.45) is 0 Å². The van der Waals surface area contributed by atoms with Gasteiger partial charge in [-0.15, -0.1) is 0 Å². The number of aromatic nitrogens is 5. The van der Waals surface area contributed by atoms with Crippen LogP contribution in [0.5, 0.6) is 0 Å².